The minimum Gasteiger partial charge on any atom is -0.462 e. The van der Waals surface area contributed by atoms with Gasteiger partial charge >= 0.3 is 5.97 Å². The first-order valence-corrected chi connectivity index (χ1v) is 21.6. The Morgan fingerprint density at radius 3 is 2.17 bits per heavy atom. The second-order valence-corrected chi connectivity index (χ2v) is 18.5. The molecule has 2 heteroatoms. The molecular weight excluding hydrogens is 585 g/mol. The Bertz CT molecular complexity index is 1010. The third-order valence-electron chi connectivity index (χ3n) is 15.0. The quantitative estimate of drug-likeness (QED) is 0.0693. The summed E-state index contributed by atoms with van der Waals surface area (Å²) >= 11 is 0. The predicted octanol–water partition coefficient (Wildman–Crippen LogP) is 14.2. The summed E-state index contributed by atoms with van der Waals surface area (Å²) in [6, 6.07) is 0. The van der Waals surface area contributed by atoms with Crippen molar-refractivity contribution in [1.29, 1.82) is 0 Å². The van der Waals surface area contributed by atoms with E-state index in [2.05, 4.69) is 66.7 Å². The molecule has 276 valence electrons. The van der Waals surface area contributed by atoms with Crippen LogP contribution in [0, 0.1) is 52.3 Å². The lowest BCUT2D eigenvalue weighted by Crippen LogP contribution is -2.51. The van der Waals surface area contributed by atoms with Gasteiger partial charge in [-0.2, -0.15) is 0 Å². The molecule has 0 bridgehead atoms. The topological polar surface area (TPSA) is 26.3 Å². The van der Waals surface area contributed by atoms with Crippen LogP contribution in [-0.2, 0) is 9.53 Å². The van der Waals surface area contributed by atoms with Gasteiger partial charge < -0.3 is 4.74 Å². The molecule has 0 saturated heterocycles. The van der Waals surface area contributed by atoms with Crippen LogP contribution in [0.4, 0.5) is 0 Å². The van der Waals surface area contributed by atoms with Gasteiger partial charge in [0, 0.05) is 12.8 Å². The normalized spacial score (nSPS) is 32.8. The lowest BCUT2D eigenvalue weighted by molar-refractivity contribution is -0.151. The van der Waals surface area contributed by atoms with E-state index in [9.17, 15) is 4.79 Å². The molecule has 0 aromatic rings. The lowest BCUT2D eigenvalue weighted by Gasteiger charge is -2.58. The van der Waals surface area contributed by atoms with Gasteiger partial charge in [-0.05, 0) is 129 Å². The number of hydrogen-bond donors (Lipinski definition) is 0. The molecule has 0 aromatic heterocycles. The van der Waals surface area contributed by atoms with E-state index in [0.717, 1.165) is 67.1 Å². The van der Waals surface area contributed by atoms with E-state index in [1.54, 1.807) is 5.57 Å². The fourth-order valence-electron chi connectivity index (χ4n) is 11.3. The summed E-state index contributed by atoms with van der Waals surface area (Å²) in [5, 5.41) is 0. The minimum absolute atomic E-state index is 0.0536. The summed E-state index contributed by atoms with van der Waals surface area (Å²) in [5.41, 5.74) is 2.51. The Morgan fingerprint density at radius 1 is 0.812 bits per heavy atom. The van der Waals surface area contributed by atoms with Crippen LogP contribution >= 0.6 is 0 Å². The van der Waals surface area contributed by atoms with Crippen LogP contribution in [0.2, 0.25) is 0 Å². The summed E-state index contributed by atoms with van der Waals surface area (Å²) in [7, 11) is 0. The highest BCUT2D eigenvalue weighted by atomic mass is 16.5. The van der Waals surface area contributed by atoms with Crippen LogP contribution in [0.25, 0.3) is 0 Å². The van der Waals surface area contributed by atoms with Crippen LogP contribution in [0.3, 0.4) is 0 Å². The van der Waals surface area contributed by atoms with Crippen molar-refractivity contribution in [1.82, 2.24) is 0 Å². The number of unbranched alkanes of at least 4 members (excludes halogenated alkanes) is 11. The van der Waals surface area contributed by atoms with Gasteiger partial charge in [0.1, 0.15) is 6.10 Å². The van der Waals surface area contributed by atoms with Crippen molar-refractivity contribution in [2.24, 2.45) is 52.3 Å². The second-order valence-electron chi connectivity index (χ2n) is 18.5. The van der Waals surface area contributed by atoms with Crippen LogP contribution in [-0.4, -0.2) is 12.1 Å². The highest BCUT2D eigenvalue weighted by Crippen LogP contribution is 2.67. The SMILES string of the molecule is CCCCCCCC/C=C\CCCCCCCC(=O)O[C@H]1CC[C@@]2(C)C(=CC[C@H]3[C@@H]4CC[C@H]([C@H](C)CC[C@H](C)C(C)C)[C@@]4(C)CC[C@@H]32)C1. The third kappa shape index (κ3) is 10.5. The van der Waals surface area contributed by atoms with Crippen molar-refractivity contribution in [2.75, 3.05) is 0 Å². The van der Waals surface area contributed by atoms with Crippen molar-refractivity contribution in [3.05, 3.63) is 23.8 Å². The van der Waals surface area contributed by atoms with Crippen LogP contribution in [0.15, 0.2) is 23.8 Å². The third-order valence-corrected chi connectivity index (χ3v) is 15.0. The average Bonchev–Trinajstić information content (AvgIpc) is 3.42. The predicted molar refractivity (Wildman–Crippen MR) is 207 cm³/mol. The summed E-state index contributed by atoms with van der Waals surface area (Å²) in [5.74, 6) is 6.08. The van der Waals surface area contributed by atoms with E-state index in [-0.39, 0.29) is 12.1 Å². The average molecular weight is 665 g/mol. The first-order valence-electron chi connectivity index (χ1n) is 21.6. The van der Waals surface area contributed by atoms with Crippen molar-refractivity contribution in [3.8, 4) is 0 Å². The molecule has 4 aliphatic carbocycles. The van der Waals surface area contributed by atoms with Crippen molar-refractivity contribution in [3.63, 3.8) is 0 Å². The maximum absolute atomic E-state index is 12.8. The van der Waals surface area contributed by atoms with E-state index in [1.165, 1.54) is 122 Å². The Hall–Kier alpha value is -1.05. The summed E-state index contributed by atoms with van der Waals surface area (Å²) in [6.45, 7) is 17.4. The van der Waals surface area contributed by atoms with Gasteiger partial charge in [-0.1, -0.05) is 136 Å². The molecule has 9 atom stereocenters. The molecule has 2 nitrogen and oxygen atoms in total. The zero-order valence-electron chi connectivity index (χ0n) is 33.1. The number of fused-ring (bicyclic) bond motifs is 5. The molecule has 0 aromatic carbocycles. The maximum Gasteiger partial charge on any atom is 0.306 e. The van der Waals surface area contributed by atoms with Crippen molar-refractivity contribution in [2.45, 2.75) is 209 Å². The molecule has 4 rings (SSSR count). The summed E-state index contributed by atoms with van der Waals surface area (Å²) in [4.78, 5) is 12.8. The molecule has 0 spiro atoms. The number of carbonyl (C=O) groups excluding carboxylic acids is 1. The number of esters is 1. The Balaban J connectivity index is 1.13. The standard InChI is InChI=1S/C46H80O2/c1-8-9-10-11-12-13-14-15-16-17-18-19-20-21-22-23-44(47)48-39-30-32-45(6)38(34-39)26-27-40-42-29-28-41(46(42,7)33-31-43(40)45)37(5)25-24-36(4)35(2)3/h15-16,26,35-37,39-43H,8-14,17-25,27-34H2,1-7H3/b16-15-/t36-,37+,39-,40-,41+,42-,43-,45-,46+/m0/s1. The molecule has 4 aliphatic rings. The fourth-order valence-corrected chi connectivity index (χ4v) is 11.3. The van der Waals surface area contributed by atoms with E-state index >= 15 is 0 Å². The van der Waals surface area contributed by atoms with Crippen LogP contribution in [0.5, 0.6) is 0 Å². The summed E-state index contributed by atoms with van der Waals surface area (Å²) in [6.07, 6.45) is 38.0. The molecule has 0 heterocycles. The molecule has 0 aliphatic heterocycles. The summed E-state index contributed by atoms with van der Waals surface area (Å²) < 4.78 is 6.13. The molecule has 48 heavy (non-hydrogen) atoms. The first-order chi connectivity index (χ1) is 23.1. The van der Waals surface area contributed by atoms with E-state index in [1.807, 2.05) is 0 Å². The number of allylic oxidation sites excluding steroid dienone is 3. The smallest absolute Gasteiger partial charge is 0.306 e. The molecular formula is C46H80O2. The fraction of sp³-hybridized carbons (Fsp3) is 0.891. The van der Waals surface area contributed by atoms with Gasteiger partial charge in [0.15, 0.2) is 0 Å². The minimum atomic E-state index is 0.0536. The zero-order valence-corrected chi connectivity index (χ0v) is 33.1. The van der Waals surface area contributed by atoms with E-state index in [0.29, 0.717) is 17.3 Å². The van der Waals surface area contributed by atoms with Crippen molar-refractivity contribution < 1.29 is 9.53 Å². The number of hydrogen-bond acceptors (Lipinski definition) is 2. The lowest BCUT2D eigenvalue weighted by atomic mass is 9.47. The van der Waals surface area contributed by atoms with Gasteiger partial charge in [-0.25, -0.2) is 0 Å². The molecule has 0 amide bonds. The number of ether oxygens (including phenoxy) is 1. The Morgan fingerprint density at radius 2 is 1.48 bits per heavy atom. The highest BCUT2D eigenvalue weighted by Gasteiger charge is 2.59. The zero-order chi connectivity index (χ0) is 34.6. The highest BCUT2D eigenvalue weighted by molar-refractivity contribution is 5.69. The van der Waals surface area contributed by atoms with Crippen LogP contribution < -0.4 is 0 Å². The van der Waals surface area contributed by atoms with Gasteiger partial charge in [-0.15, -0.1) is 0 Å². The van der Waals surface area contributed by atoms with Gasteiger partial charge in [0.2, 0.25) is 0 Å². The van der Waals surface area contributed by atoms with Gasteiger partial charge in [-0.3, -0.25) is 4.79 Å². The molecule has 0 radical (unpaired) electrons. The Labute approximate surface area is 299 Å². The van der Waals surface area contributed by atoms with E-state index < -0.39 is 0 Å². The largest absolute Gasteiger partial charge is 0.462 e. The monoisotopic (exact) mass is 665 g/mol. The molecule has 0 unspecified atom stereocenters. The molecule has 3 saturated carbocycles. The first kappa shape index (κ1) is 39.7. The van der Waals surface area contributed by atoms with Gasteiger partial charge in [0.05, 0.1) is 0 Å². The number of carbonyl (C=O) groups is 1. The van der Waals surface area contributed by atoms with Crippen LogP contribution in [0.1, 0.15) is 203 Å². The molecule has 0 N–H and O–H groups in total. The van der Waals surface area contributed by atoms with Crippen molar-refractivity contribution >= 4 is 5.97 Å². The molecule has 3 fully saturated rings. The van der Waals surface area contributed by atoms with E-state index in [4.69, 9.17) is 4.74 Å². The maximum atomic E-state index is 12.8. The number of rotatable bonds is 21. The Kier molecular flexibility index (Phi) is 16.2. The van der Waals surface area contributed by atoms with Gasteiger partial charge in [0.25, 0.3) is 0 Å². The second kappa shape index (κ2) is 19.5.